The number of aryl methyl sites for hydroxylation is 1. The minimum atomic E-state index is -3.94. The van der Waals surface area contributed by atoms with Crippen LogP contribution in [-0.4, -0.2) is 37.7 Å². The minimum absolute atomic E-state index is 0.00462. The standard InChI is InChI=1S/C15H16N4O3S/c1-4-12-6-5-7-13(8-12)19(11-15(20)16-2)23(21,22)14-9-17-18(3)10-14/h1,5-10H,11H2,2-3H3,(H,16,20). The third-order valence-corrected chi connectivity index (χ3v) is 4.86. The number of nitrogens with one attached hydrogen (secondary N) is 1. The van der Waals surface area contributed by atoms with Crippen molar-refractivity contribution in [3.8, 4) is 12.3 Å². The molecule has 1 amide bonds. The normalized spacial score (nSPS) is 10.8. The van der Waals surface area contributed by atoms with E-state index in [9.17, 15) is 13.2 Å². The van der Waals surface area contributed by atoms with Crippen molar-refractivity contribution in [1.82, 2.24) is 15.1 Å². The fourth-order valence-electron chi connectivity index (χ4n) is 1.93. The van der Waals surface area contributed by atoms with Crippen LogP contribution in [0.3, 0.4) is 0 Å². The lowest BCUT2D eigenvalue weighted by Gasteiger charge is -2.23. The topological polar surface area (TPSA) is 84.3 Å². The summed E-state index contributed by atoms with van der Waals surface area (Å²) in [6.45, 7) is -0.359. The van der Waals surface area contributed by atoms with Gasteiger partial charge in [0.25, 0.3) is 10.0 Å². The van der Waals surface area contributed by atoms with Crippen LogP contribution in [0.15, 0.2) is 41.6 Å². The Bertz CT molecular complexity index is 865. The SMILES string of the molecule is C#Cc1cccc(N(CC(=O)NC)S(=O)(=O)c2cnn(C)c2)c1. The molecule has 0 spiro atoms. The summed E-state index contributed by atoms with van der Waals surface area (Å²) in [5.41, 5.74) is 0.832. The van der Waals surface area contributed by atoms with Crippen LogP contribution in [0.5, 0.6) is 0 Å². The van der Waals surface area contributed by atoms with Crippen LogP contribution in [0.1, 0.15) is 5.56 Å². The van der Waals surface area contributed by atoms with E-state index in [1.165, 1.54) is 30.2 Å². The van der Waals surface area contributed by atoms with Gasteiger partial charge in [-0.05, 0) is 18.2 Å². The highest BCUT2D eigenvalue weighted by Gasteiger charge is 2.28. The van der Waals surface area contributed by atoms with Gasteiger partial charge < -0.3 is 5.32 Å². The van der Waals surface area contributed by atoms with Crippen LogP contribution in [-0.2, 0) is 21.9 Å². The highest BCUT2D eigenvalue weighted by atomic mass is 32.2. The first-order valence-corrected chi connectivity index (χ1v) is 8.11. The van der Waals surface area contributed by atoms with Crippen molar-refractivity contribution in [2.24, 2.45) is 7.05 Å². The quantitative estimate of drug-likeness (QED) is 0.801. The second kappa shape index (κ2) is 6.54. The van der Waals surface area contributed by atoms with Crippen LogP contribution >= 0.6 is 0 Å². The maximum Gasteiger partial charge on any atom is 0.267 e. The fourth-order valence-corrected chi connectivity index (χ4v) is 3.33. The number of carbonyl (C=O) groups excluding carboxylic acids is 1. The van der Waals surface area contributed by atoms with Gasteiger partial charge in [0, 0.05) is 25.9 Å². The molecule has 0 fully saturated rings. The second-order valence-corrected chi connectivity index (χ2v) is 6.59. The van der Waals surface area contributed by atoms with Gasteiger partial charge in [0.1, 0.15) is 11.4 Å². The Morgan fingerprint density at radius 3 is 2.78 bits per heavy atom. The highest BCUT2D eigenvalue weighted by molar-refractivity contribution is 7.92. The predicted octanol–water partition coefficient (Wildman–Crippen LogP) is 0.343. The van der Waals surface area contributed by atoms with E-state index >= 15 is 0 Å². The lowest BCUT2D eigenvalue weighted by Crippen LogP contribution is -2.39. The third-order valence-electron chi connectivity index (χ3n) is 3.14. The molecule has 0 radical (unpaired) electrons. The van der Waals surface area contributed by atoms with Crippen molar-refractivity contribution in [2.45, 2.75) is 4.90 Å². The first-order chi connectivity index (χ1) is 10.9. The summed E-state index contributed by atoms with van der Waals surface area (Å²) in [5.74, 6) is 2.01. The Morgan fingerprint density at radius 2 is 2.22 bits per heavy atom. The Kier molecular flexibility index (Phi) is 4.71. The molecule has 120 valence electrons. The van der Waals surface area contributed by atoms with Gasteiger partial charge in [-0.25, -0.2) is 8.42 Å². The molecule has 2 rings (SSSR count). The van der Waals surface area contributed by atoms with Gasteiger partial charge in [0.05, 0.1) is 11.9 Å². The van der Waals surface area contributed by atoms with Crippen molar-refractivity contribution < 1.29 is 13.2 Å². The number of hydrogen-bond acceptors (Lipinski definition) is 4. The van der Waals surface area contributed by atoms with Crippen LogP contribution in [0.2, 0.25) is 0 Å². The summed E-state index contributed by atoms with van der Waals surface area (Å²) < 4.78 is 28.1. The van der Waals surface area contributed by atoms with Crippen LogP contribution < -0.4 is 9.62 Å². The molecule has 0 saturated carbocycles. The third kappa shape index (κ3) is 3.52. The summed E-state index contributed by atoms with van der Waals surface area (Å²) in [6, 6.07) is 6.44. The number of nitrogens with zero attached hydrogens (tertiary/aromatic N) is 3. The maximum atomic E-state index is 12.8. The van der Waals surface area contributed by atoms with E-state index in [2.05, 4.69) is 16.3 Å². The van der Waals surface area contributed by atoms with Gasteiger partial charge in [-0.15, -0.1) is 6.42 Å². The van der Waals surface area contributed by atoms with Gasteiger partial charge in [0.2, 0.25) is 5.91 Å². The van der Waals surface area contributed by atoms with Crippen LogP contribution in [0.25, 0.3) is 0 Å². The number of aromatic nitrogens is 2. The molecule has 23 heavy (non-hydrogen) atoms. The zero-order valence-corrected chi connectivity index (χ0v) is 13.5. The van der Waals surface area contributed by atoms with Crippen molar-refractivity contribution in [1.29, 1.82) is 0 Å². The smallest absolute Gasteiger partial charge is 0.267 e. The largest absolute Gasteiger partial charge is 0.358 e. The number of rotatable bonds is 5. The molecule has 1 aromatic heterocycles. The maximum absolute atomic E-state index is 12.8. The number of carbonyl (C=O) groups is 1. The molecule has 0 aliphatic carbocycles. The molecule has 2 aromatic rings. The molecule has 0 saturated heterocycles. The van der Waals surface area contributed by atoms with Gasteiger partial charge in [-0.1, -0.05) is 12.0 Å². The van der Waals surface area contributed by atoms with Crippen molar-refractivity contribution >= 4 is 21.6 Å². The van der Waals surface area contributed by atoms with E-state index in [4.69, 9.17) is 6.42 Å². The molecule has 0 aliphatic heterocycles. The lowest BCUT2D eigenvalue weighted by molar-refractivity contribution is -0.119. The monoisotopic (exact) mass is 332 g/mol. The number of likely N-dealkylation sites (N-methyl/N-ethyl adjacent to an activating group) is 1. The van der Waals surface area contributed by atoms with Crippen LogP contribution in [0, 0.1) is 12.3 Å². The number of sulfonamides is 1. The van der Waals surface area contributed by atoms with Crippen LogP contribution in [0.4, 0.5) is 5.69 Å². The Morgan fingerprint density at radius 1 is 1.48 bits per heavy atom. The van der Waals surface area contributed by atoms with E-state index in [1.54, 1.807) is 25.2 Å². The molecule has 8 heteroatoms. The summed E-state index contributed by atoms with van der Waals surface area (Å²) in [5, 5.41) is 6.29. The number of anilines is 1. The van der Waals surface area contributed by atoms with E-state index in [0.29, 0.717) is 11.3 Å². The van der Waals surface area contributed by atoms with E-state index in [-0.39, 0.29) is 11.4 Å². The Hall–Kier alpha value is -2.79. The molecule has 0 bridgehead atoms. The van der Waals surface area contributed by atoms with E-state index in [1.807, 2.05) is 0 Å². The van der Waals surface area contributed by atoms with Gasteiger partial charge in [-0.3, -0.25) is 13.8 Å². The summed E-state index contributed by atoms with van der Waals surface area (Å²) in [4.78, 5) is 11.8. The second-order valence-electron chi connectivity index (χ2n) is 4.73. The molecule has 1 heterocycles. The number of hydrogen-bond donors (Lipinski definition) is 1. The summed E-state index contributed by atoms with van der Waals surface area (Å²) >= 11 is 0. The Balaban J connectivity index is 2.53. The van der Waals surface area contributed by atoms with Gasteiger partial charge >= 0.3 is 0 Å². The average Bonchev–Trinajstić information content (AvgIpc) is 2.99. The molecule has 7 nitrogen and oxygen atoms in total. The molecular weight excluding hydrogens is 316 g/mol. The number of terminal acetylenes is 1. The molecular formula is C15H16N4O3S. The first kappa shape index (κ1) is 16.6. The van der Waals surface area contributed by atoms with E-state index in [0.717, 1.165) is 4.31 Å². The molecule has 1 aromatic carbocycles. The predicted molar refractivity (Wildman–Crippen MR) is 86.2 cm³/mol. The fraction of sp³-hybridized carbons (Fsp3) is 0.200. The Labute approximate surface area is 135 Å². The zero-order valence-electron chi connectivity index (χ0n) is 12.7. The van der Waals surface area contributed by atoms with Crippen molar-refractivity contribution in [2.75, 3.05) is 17.9 Å². The molecule has 0 aliphatic rings. The summed E-state index contributed by atoms with van der Waals surface area (Å²) in [7, 11) is -0.891. The lowest BCUT2D eigenvalue weighted by atomic mass is 10.2. The highest BCUT2D eigenvalue weighted by Crippen LogP contribution is 2.24. The summed E-state index contributed by atoms with van der Waals surface area (Å²) in [6.07, 6.45) is 7.96. The van der Waals surface area contributed by atoms with Gasteiger partial charge in [0.15, 0.2) is 0 Å². The number of amides is 1. The zero-order chi connectivity index (χ0) is 17.0. The van der Waals surface area contributed by atoms with Gasteiger partial charge in [-0.2, -0.15) is 5.10 Å². The molecule has 1 N–H and O–H groups in total. The number of benzene rings is 1. The van der Waals surface area contributed by atoms with E-state index < -0.39 is 15.9 Å². The van der Waals surface area contributed by atoms with Crippen molar-refractivity contribution in [3.63, 3.8) is 0 Å². The van der Waals surface area contributed by atoms with Crippen molar-refractivity contribution in [3.05, 3.63) is 42.2 Å². The minimum Gasteiger partial charge on any atom is -0.358 e. The average molecular weight is 332 g/mol. The molecule has 0 unspecified atom stereocenters. The molecule has 0 atom stereocenters. The first-order valence-electron chi connectivity index (χ1n) is 6.67.